The van der Waals surface area contributed by atoms with Gasteiger partial charge in [0.25, 0.3) is 0 Å². The van der Waals surface area contributed by atoms with Gasteiger partial charge in [0.05, 0.1) is 0 Å². The first-order valence-electron chi connectivity index (χ1n) is 6.23. The minimum atomic E-state index is -0.216. The van der Waals surface area contributed by atoms with Gasteiger partial charge in [-0.25, -0.2) is 4.39 Å². The van der Waals surface area contributed by atoms with Crippen molar-refractivity contribution in [2.75, 3.05) is 6.54 Å². The number of halogens is 2. The molecule has 0 heterocycles. The molecule has 1 unspecified atom stereocenters. The summed E-state index contributed by atoms with van der Waals surface area (Å²) >= 11 is 5.77. The molecule has 0 aliphatic carbocycles. The number of benzene rings is 1. The molecule has 0 radical (unpaired) electrons. The summed E-state index contributed by atoms with van der Waals surface area (Å²) in [7, 11) is 0. The van der Waals surface area contributed by atoms with Crippen LogP contribution in [0.2, 0.25) is 5.02 Å². The Morgan fingerprint density at radius 3 is 2.53 bits per heavy atom. The van der Waals surface area contributed by atoms with Crippen molar-refractivity contribution < 1.29 is 4.39 Å². The van der Waals surface area contributed by atoms with Crippen LogP contribution in [0.1, 0.15) is 45.2 Å². The average molecular weight is 258 g/mol. The molecular weight excluding hydrogens is 237 g/mol. The van der Waals surface area contributed by atoms with E-state index < -0.39 is 0 Å². The van der Waals surface area contributed by atoms with Crippen molar-refractivity contribution in [2.45, 2.75) is 39.7 Å². The molecule has 0 bridgehead atoms. The van der Waals surface area contributed by atoms with E-state index in [0.717, 1.165) is 24.9 Å². The Kier molecular flexibility index (Phi) is 5.93. The normalized spacial score (nSPS) is 13.1. The van der Waals surface area contributed by atoms with E-state index >= 15 is 0 Å². The molecule has 0 saturated carbocycles. The lowest BCUT2D eigenvalue weighted by Crippen LogP contribution is -2.22. The van der Waals surface area contributed by atoms with E-state index in [0.29, 0.717) is 10.9 Å². The molecule has 1 nitrogen and oxygen atoms in total. The summed E-state index contributed by atoms with van der Waals surface area (Å²) in [5.41, 5.74) is 0.719. The number of hydrogen-bond donors (Lipinski definition) is 1. The van der Waals surface area contributed by atoms with Crippen LogP contribution in [0.3, 0.4) is 0 Å². The lowest BCUT2D eigenvalue weighted by atomic mass is 9.97. The van der Waals surface area contributed by atoms with Crippen LogP contribution in [-0.4, -0.2) is 6.54 Å². The van der Waals surface area contributed by atoms with Gasteiger partial charge in [0.1, 0.15) is 5.82 Å². The highest BCUT2D eigenvalue weighted by Gasteiger charge is 2.15. The van der Waals surface area contributed by atoms with Crippen molar-refractivity contribution in [2.24, 2.45) is 5.92 Å². The van der Waals surface area contributed by atoms with Crippen molar-refractivity contribution in [3.05, 3.63) is 34.6 Å². The minimum Gasteiger partial charge on any atom is -0.310 e. The molecule has 0 amide bonds. The van der Waals surface area contributed by atoms with Gasteiger partial charge in [-0.3, -0.25) is 0 Å². The molecule has 0 fully saturated rings. The monoisotopic (exact) mass is 257 g/mol. The zero-order valence-electron chi connectivity index (χ0n) is 10.8. The van der Waals surface area contributed by atoms with Crippen LogP contribution in [0.5, 0.6) is 0 Å². The lowest BCUT2D eigenvalue weighted by molar-refractivity contribution is 0.434. The van der Waals surface area contributed by atoms with Crippen molar-refractivity contribution in [3.63, 3.8) is 0 Å². The molecule has 1 aromatic carbocycles. The van der Waals surface area contributed by atoms with Gasteiger partial charge in [0.2, 0.25) is 0 Å². The molecule has 0 spiro atoms. The first-order valence-corrected chi connectivity index (χ1v) is 6.60. The maximum atomic E-state index is 13.8. The smallest absolute Gasteiger partial charge is 0.129 e. The average Bonchev–Trinajstić information content (AvgIpc) is 2.24. The van der Waals surface area contributed by atoms with Crippen molar-refractivity contribution in [1.29, 1.82) is 0 Å². The van der Waals surface area contributed by atoms with Gasteiger partial charge in [-0.1, -0.05) is 38.4 Å². The molecule has 0 aromatic heterocycles. The zero-order valence-corrected chi connectivity index (χ0v) is 11.5. The summed E-state index contributed by atoms with van der Waals surface area (Å²) in [6.07, 6.45) is 2.03. The first-order chi connectivity index (χ1) is 8.04. The molecule has 17 heavy (non-hydrogen) atoms. The second-order valence-corrected chi connectivity index (χ2v) is 5.18. The Bertz CT molecular complexity index is 352. The molecule has 0 aliphatic heterocycles. The van der Waals surface area contributed by atoms with Gasteiger partial charge < -0.3 is 5.32 Å². The van der Waals surface area contributed by atoms with Crippen molar-refractivity contribution in [3.8, 4) is 0 Å². The Morgan fingerprint density at radius 1 is 1.29 bits per heavy atom. The Balaban J connectivity index is 2.81. The van der Waals surface area contributed by atoms with Crippen LogP contribution in [0, 0.1) is 11.7 Å². The van der Waals surface area contributed by atoms with Crippen LogP contribution in [-0.2, 0) is 0 Å². The first kappa shape index (κ1) is 14.5. The third kappa shape index (κ3) is 4.64. The van der Waals surface area contributed by atoms with Gasteiger partial charge in [-0.2, -0.15) is 0 Å². The number of rotatable bonds is 6. The highest BCUT2D eigenvalue weighted by Crippen LogP contribution is 2.25. The molecule has 1 N–H and O–H groups in total. The number of nitrogens with one attached hydrogen (secondary N) is 1. The number of hydrogen-bond acceptors (Lipinski definition) is 1. The van der Waals surface area contributed by atoms with E-state index in [2.05, 4.69) is 19.2 Å². The highest BCUT2D eigenvalue weighted by atomic mass is 35.5. The van der Waals surface area contributed by atoms with Gasteiger partial charge in [0.15, 0.2) is 0 Å². The Labute approximate surface area is 108 Å². The van der Waals surface area contributed by atoms with E-state index in [-0.39, 0.29) is 11.9 Å². The molecule has 96 valence electrons. The molecular formula is C14H21ClFN. The molecule has 1 aromatic rings. The summed E-state index contributed by atoms with van der Waals surface area (Å²) in [5.74, 6) is 0.415. The van der Waals surface area contributed by atoms with E-state index in [1.807, 2.05) is 6.92 Å². The molecule has 0 aliphatic rings. The van der Waals surface area contributed by atoms with Crippen LogP contribution in [0.15, 0.2) is 18.2 Å². The fourth-order valence-electron chi connectivity index (χ4n) is 1.90. The van der Waals surface area contributed by atoms with Gasteiger partial charge in [-0.15, -0.1) is 0 Å². The van der Waals surface area contributed by atoms with Crippen LogP contribution >= 0.6 is 11.6 Å². The Morgan fingerprint density at radius 2 is 2.00 bits per heavy atom. The van der Waals surface area contributed by atoms with Crippen molar-refractivity contribution >= 4 is 11.6 Å². The summed E-state index contributed by atoms with van der Waals surface area (Å²) in [6.45, 7) is 7.24. The van der Waals surface area contributed by atoms with E-state index in [1.165, 1.54) is 6.07 Å². The van der Waals surface area contributed by atoms with Gasteiger partial charge >= 0.3 is 0 Å². The van der Waals surface area contributed by atoms with Crippen LogP contribution in [0.4, 0.5) is 4.39 Å². The quantitative estimate of drug-likeness (QED) is 0.787. The topological polar surface area (TPSA) is 12.0 Å². The predicted octanol–water partition coefficient (Wildman–Crippen LogP) is 4.57. The SMILES string of the molecule is CCNC(CCC(C)C)c1ccc(Cl)cc1F. The second kappa shape index (κ2) is 6.97. The third-order valence-corrected chi connectivity index (χ3v) is 3.06. The van der Waals surface area contributed by atoms with Gasteiger partial charge in [0, 0.05) is 16.6 Å². The molecule has 0 saturated heterocycles. The van der Waals surface area contributed by atoms with Crippen LogP contribution < -0.4 is 5.32 Å². The van der Waals surface area contributed by atoms with Gasteiger partial charge in [-0.05, 0) is 37.4 Å². The zero-order chi connectivity index (χ0) is 12.8. The standard InChI is InChI=1S/C14H21ClFN/c1-4-17-14(8-5-10(2)3)12-7-6-11(15)9-13(12)16/h6-7,9-10,14,17H,4-5,8H2,1-3H3. The Hall–Kier alpha value is -0.600. The van der Waals surface area contributed by atoms with E-state index in [1.54, 1.807) is 12.1 Å². The van der Waals surface area contributed by atoms with Crippen molar-refractivity contribution in [1.82, 2.24) is 5.32 Å². The lowest BCUT2D eigenvalue weighted by Gasteiger charge is -2.20. The third-order valence-electron chi connectivity index (χ3n) is 2.82. The fraction of sp³-hybridized carbons (Fsp3) is 0.571. The summed E-state index contributed by atoms with van der Waals surface area (Å²) < 4.78 is 13.8. The maximum Gasteiger partial charge on any atom is 0.129 e. The summed E-state index contributed by atoms with van der Waals surface area (Å²) in [4.78, 5) is 0. The van der Waals surface area contributed by atoms with E-state index in [4.69, 9.17) is 11.6 Å². The fourth-order valence-corrected chi connectivity index (χ4v) is 2.06. The van der Waals surface area contributed by atoms with Crippen LogP contribution in [0.25, 0.3) is 0 Å². The molecule has 1 atom stereocenters. The molecule has 1 rings (SSSR count). The minimum absolute atomic E-state index is 0.0830. The second-order valence-electron chi connectivity index (χ2n) is 4.75. The van der Waals surface area contributed by atoms with E-state index in [9.17, 15) is 4.39 Å². The maximum absolute atomic E-state index is 13.8. The predicted molar refractivity (Wildman–Crippen MR) is 71.9 cm³/mol. The molecule has 3 heteroatoms. The summed E-state index contributed by atoms with van der Waals surface area (Å²) in [5, 5.41) is 3.78. The summed E-state index contributed by atoms with van der Waals surface area (Å²) in [6, 6.07) is 5.00. The largest absolute Gasteiger partial charge is 0.310 e. The highest BCUT2D eigenvalue weighted by molar-refractivity contribution is 6.30.